The zero-order valence-corrected chi connectivity index (χ0v) is 12.3. The Balaban J connectivity index is 2.21. The largest absolute Gasteiger partial charge is 0.493 e. The first-order valence-electron chi connectivity index (χ1n) is 7.00. The van der Waals surface area contributed by atoms with Crippen LogP contribution in [-0.2, 0) is 0 Å². The zero-order chi connectivity index (χ0) is 14.5. The predicted octanol–water partition coefficient (Wildman–Crippen LogP) is 1.53. The van der Waals surface area contributed by atoms with Crippen LogP contribution in [0.3, 0.4) is 0 Å². The molecule has 1 aromatic rings. The van der Waals surface area contributed by atoms with Crippen molar-refractivity contribution in [2.45, 2.75) is 19.9 Å². The standard InChI is InChI=1S/C15H22N2O3/c1-4-20-13-6-5-12(9-14(13)19-3)15(18)17-8-7-16-10-11(17)2/h5-6,9,11,16H,4,7-8,10H2,1-3H3. The van der Waals surface area contributed by atoms with Gasteiger partial charge in [0.2, 0.25) is 0 Å². The number of rotatable bonds is 4. The van der Waals surface area contributed by atoms with Gasteiger partial charge >= 0.3 is 0 Å². The van der Waals surface area contributed by atoms with Crippen molar-refractivity contribution >= 4 is 5.91 Å². The predicted molar refractivity (Wildman–Crippen MR) is 77.5 cm³/mol. The van der Waals surface area contributed by atoms with Crippen molar-refractivity contribution in [1.82, 2.24) is 10.2 Å². The molecule has 0 saturated carbocycles. The first-order chi connectivity index (χ1) is 9.67. The Kier molecular flexibility index (Phi) is 4.84. The number of piperazine rings is 1. The Morgan fingerprint density at radius 3 is 2.90 bits per heavy atom. The fourth-order valence-corrected chi connectivity index (χ4v) is 2.38. The van der Waals surface area contributed by atoms with E-state index in [-0.39, 0.29) is 11.9 Å². The number of carbonyl (C=O) groups excluding carboxylic acids is 1. The summed E-state index contributed by atoms with van der Waals surface area (Å²) in [7, 11) is 1.58. The van der Waals surface area contributed by atoms with Crippen molar-refractivity contribution in [2.75, 3.05) is 33.4 Å². The number of hydrogen-bond donors (Lipinski definition) is 1. The van der Waals surface area contributed by atoms with E-state index in [0.717, 1.165) is 19.6 Å². The molecule has 5 heteroatoms. The van der Waals surface area contributed by atoms with Gasteiger partial charge in [0, 0.05) is 31.2 Å². The average molecular weight is 278 g/mol. The van der Waals surface area contributed by atoms with Crippen LogP contribution >= 0.6 is 0 Å². The molecule has 1 aromatic carbocycles. The second kappa shape index (κ2) is 6.61. The highest BCUT2D eigenvalue weighted by Crippen LogP contribution is 2.28. The van der Waals surface area contributed by atoms with E-state index in [1.165, 1.54) is 0 Å². The minimum absolute atomic E-state index is 0.0420. The number of benzene rings is 1. The fraction of sp³-hybridized carbons (Fsp3) is 0.533. The number of carbonyl (C=O) groups is 1. The van der Waals surface area contributed by atoms with Gasteiger partial charge in [0.05, 0.1) is 13.7 Å². The number of nitrogens with zero attached hydrogens (tertiary/aromatic N) is 1. The van der Waals surface area contributed by atoms with Gasteiger partial charge in [-0.2, -0.15) is 0 Å². The van der Waals surface area contributed by atoms with Crippen molar-refractivity contribution in [3.63, 3.8) is 0 Å². The Bertz CT molecular complexity index is 476. The van der Waals surface area contributed by atoms with Crippen molar-refractivity contribution in [1.29, 1.82) is 0 Å². The molecule has 1 aliphatic rings. The molecule has 5 nitrogen and oxygen atoms in total. The zero-order valence-electron chi connectivity index (χ0n) is 12.3. The van der Waals surface area contributed by atoms with Crippen molar-refractivity contribution < 1.29 is 14.3 Å². The van der Waals surface area contributed by atoms with Gasteiger partial charge in [-0.15, -0.1) is 0 Å². The maximum absolute atomic E-state index is 12.5. The highest BCUT2D eigenvalue weighted by molar-refractivity contribution is 5.95. The van der Waals surface area contributed by atoms with Crippen LogP contribution in [-0.4, -0.2) is 50.2 Å². The van der Waals surface area contributed by atoms with E-state index >= 15 is 0 Å². The lowest BCUT2D eigenvalue weighted by Crippen LogP contribution is -2.52. The summed E-state index contributed by atoms with van der Waals surface area (Å²) in [6.07, 6.45) is 0. The van der Waals surface area contributed by atoms with Gasteiger partial charge in [-0.25, -0.2) is 0 Å². The van der Waals surface area contributed by atoms with Crippen LogP contribution in [0, 0.1) is 0 Å². The summed E-state index contributed by atoms with van der Waals surface area (Å²) >= 11 is 0. The van der Waals surface area contributed by atoms with E-state index in [1.54, 1.807) is 25.3 Å². The normalized spacial score (nSPS) is 18.8. The Morgan fingerprint density at radius 2 is 2.25 bits per heavy atom. The molecule has 1 heterocycles. The van der Waals surface area contributed by atoms with Crippen LogP contribution < -0.4 is 14.8 Å². The lowest BCUT2D eigenvalue weighted by atomic mass is 10.1. The van der Waals surface area contributed by atoms with E-state index in [2.05, 4.69) is 12.2 Å². The Morgan fingerprint density at radius 1 is 1.45 bits per heavy atom. The van der Waals surface area contributed by atoms with Gasteiger partial charge in [0.1, 0.15) is 0 Å². The molecule has 0 radical (unpaired) electrons. The monoisotopic (exact) mass is 278 g/mol. The number of hydrogen-bond acceptors (Lipinski definition) is 4. The van der Waals surface area contributed by atoms with E-state index in [0.29, 0.717) is 23.7 Å². The maximum Gasteiger partial charge on any atom is 0.254 e. The van der Waals surface area contributed by atoms with Crippen LogP contribution in [0.1, 0.15) is 24.2 Å². The molecule has 110 valence electrons. The number of ether oxygens (including phenoxy) is 2. The minimum atomic E-state index is 0.0420. The first kappa shape index (κ1) is 14.7. The van der Waals surface area contributed by atoms with Crippen LogP contribution in [0.2, 0.25) is 0 Å². The van der Waals surface area contributed by atoms with Crippen LogP contribution in [0.25, 0.3) is 0 Å². The summed E-state index contributed by atoms with van der Waals surface area (Å²) in [5.74, 6) is 1.31. The van der Waals surface area contributed by atoms with E-state index in [4.69, 9.17) is 9.47 Å². The van der Waals surface area contributed by atoms with Crippen molar-refractivity contribution in [3.05, 3.63) is 23.8 Å². The van der Waals surface area contributed by atoms with Gasteiger partial charge in [-0.05, 0) is 32.0 Å². The van der Waals surface area contributed by atoms with Crippen LogP contribution in [0.15, 0.2) is 18.2 Å². The third kappa shape index (κ3) is 3.04. The second-order valence-corrected chi connectivity index (χ2v) is 4.85. The summed E-state index contributed by atoms with van der Waals surface area (Å²) in [6.45, 7) is 6.94. The maximum atomic E-state index is 12.5. The van der Waals surface area contributed by atoms with E-state index < -0.39 is 0 Å². The van der Waals surface area contributed by atoms with Crippen molar-refractivity contribution in [3.8, 4) is 11.5 Å². The second-order valence-electron chi connectivity index (χ2n) is 4.85. The third-order valence-corrected chi connectivity index (χ3v) is 3.47. The molecule has 1 unspecified atom stereocenters. The lowest BCUT2D eigenvalue weighted by molar-refractivity contribution is 0.0655. The first-order valence-corrected chi connectivity index (χ1v) is 7.00. The minimum Gasteiger partial charge on any atom is -0.493 e. The molecule has 20 heavy (non-hydrogen) atoms. The highest BCUT2D eigenvalue weighted by atomic mass is 16.5. The molecule has 2 rings (SSSR count). The van der Waals surface area contributed by atoms with Gasteiger partial charge in [-0.3, -0.25) is 4.79 Å². The van der Waals surface area contributed by atoms with Crippen LogP contribution in [0.5, 0.6) is 11.5 Å². The van der Waals surface area contributed by atoms with Crippen molar-refractivity contribution in [2.24, 2.45) is 0 Å². The van der Waals surface area contributed by atoms with Gasteiger partial charge in [0.15, 0.2) is 11.5 Å². The van der Waals surface area contributed by atoms with E-state index in [1.807, 2.05) is 11.8 Å². The molecule has 0 spiro atoms. The highest BCUT2D eigenvalue weighted by Gasteiger charge is 2.24. The van der Waals surface area contributed by atoms with Gasteiger partial charge in [0.25, 0.3) is 5.91 Å². The molecule has 0 aliphatic carbocycles. The number of amides is 1. The SMILES string of the molecule is CCOc1ccc(C(=O)N2CCNCC2C)cc1OC. The Hall–Kier alpha value is -1.75. The summed E-state index contributed by atoms with van der Waals surface area (Å²) < 4.78 is 10.8. The molecule has 0 bridgehead atoms. The summed E-state index contributed by atoms with van der Waals surface area (Å²) in [5.41, 5.74) is 0.638. The molecule has 1 N–H and O–H groups in total. The molecule has 1 atom stereocenters. The average Bonchev–Trinajstić information content (AvgIpc) is 2.48. The smallest absolute Gasteiger partial charge is 0.254 e. The molecule has 1 amide bonds. The summed E-state index contributed by atoms with van der Waals surface area (Å²) in [6, 6.07) is 5.54. The van der Waals surface area contributed by atoms with Gasteiger partial charge in [-0.1, -0.05) is 0 Å². The summed E-state index contributed by atoms with van der Waals surface area (Å²) in [5, 5.41) is 3.28. The third-order valence-electron chi connectivity index (χ3n) is 3.47. The number of methoxy groups -OCH3 is 1. The van der Waals surface area contributed by atoms with Gasteiger partial charge < -0.3 is 19.7 Å². The Labute approximate surface area is 119 Å². The van der Waals surface area contributed by atoms with E-state index in [9.17, 15) is 4.79 Å². The molecular formula is C15H22N2O3. The topological polar surface area (TPSA) is 50.8 Å². The fourth-order valence-electron chi connectivity index (χ4n) is 2.38. The summed E-state index contributed by atoms with van der Waals surface area (Å²) in [4.78, 5) is 14.4. The number of nitrogens with one attached hydrogen (secondary N) is 1. The quantitative estimate of drug-likeness (QED) is 0.907. The molecular weight excluding hydrogens is 256 g/mol. The molecule has 1 aliphatic heterocycles. The molecule has 1 fully saturated rings. The lowest BCUT2D eigenvalue weighted by Gasteiger charge is -2.34. The van der Waals surface area contributed by atoms with Crippen LogP contribution in [0.4, 0.5) is 0 Å². The molecule has 1 saturated heterocycles. The molecule has 0 aromatic heterocycles.